The summed E-state index contributed by atoms with van der Waals surface area (Å²) in [4.78, 5) is 38.5. The van der Waals surface area contributed by atoms with Gasteiger partial charge in [0.05, 0.1) is 11.3 Å². The van der Waals surface area contributed by atoms with E-state index in [0.29, 0.717) is 23.7 Å². The van der Waals surface area contributed by atoms with E-state index in [1.54, 1.807) is 0 Å². The molecule has 248 valence electrons. The number of aliphatic carboxylic acids is 1. The molecule has 0 radical (unpaired) electrons. The van der Waals surface area contributed by atoms with E-state index in [0.717, 1.165) is 64.2 Å². The van der Waals surface area contributed by atoms with Gasteiger partial charge in [-0.3, -0.25) is 14.4 Å². The van der Waals surface area contributed by atoms with Crippen LogP contribution in [0.1, 0.15) is 139 Å². The average molecular weight is 612 g/mol. The number of amides is 1. The van der Waals surface area contributed by atoms with Crippen molar-refractivity contribution in [1.82, 2.24) is 5.32 Å². The van der Waals surface area contributed by atoms with Crippen molar-refractivity contribution in [2.75, 3.05) is 6.54 Å². The Morgan fingerprint density at radius 2 is 1.48 bits per heavy atom. The summed E-state index contributed by atoms with van der Waals surface area (Å²) in [6.07, 6.45) is 13.8. The second kappa shape index (κ2) is 10.5. The topological polar surface area (TPSA) is 92.7 Å². The number of carbonyl (C=O) groups is 3. The van der Waals surface area contributed by atoms with Crippen LogP contribution in [-0.4, -0.2) is 35.6 Å². The van der Waals surface area contributed by atoms with E-state index in [-0.39, 0.29) is 63.4 Å². The zero-order chi connectivity index (χ0) is 32.1. The van der Waals surface area contributed by atoms with Crippen LogP contribution < -0.4 is 5.32 Å². The molecule has 6 heteroatoms. The molecule has 0 aliphatic heterocycles. The first-order valence-electron chi connectivity index (χ1n) is 18.2. The molecule has 0 heterocycles. The monoisotopic (exact) mass is 611 g/mol. The lowest BCUT2D eigenvalue weighted by atomic mass is 9.31. The van der Waals surface area contributed by atoms with E-state index in [2.05, 4.69) is 60.7 Å². The summed E-state index contributed by atoms with van der Waals surface area (Å²) < 4.78 is 6.32. The molecule has 0 saturated heterocycles. The van der Waals surface area contributed by atoms with Gasteiger partial charge in [0.25, 0.3) is 0 Å². The SMILES string of the molecule is CC(C)C1(C)CC[C@]2(C(=O)NCC(=O)O)CC[C@]3(C)C(CCC4C5(C)CC[C@@H](OC(=O)C6CCC6)C(C)(C)C5CC[C@]43C)C12. The third kappa shape index (κ3) is 4.26. The van der Waals surface area contributed by atoms with Gasteiger partial charge in [0.1, 0.15) is 12.6 Å². The molecule has 6 aliphatic rings. The van der Waals surface area contributed by atoms with Crippen LogP contribution in [0.2, 0.25) is 0 Å². The molecule has 6 rings (SSSR count). The molecule has 6 nitrogen and oxygen atoms in total. The molecule has 1 amide bonds. The van der Waals surface area contributed by atoms with Gasteiger partial charge in [-0.1, -0.05) is 61.8 Å². The van der Waals surface area contributed by atoms with Crippen LogP contribution in [0.4, 0.5) is 0 Å². The summed E-state index contributed by atoms with van der Waals surface area (Å²) in [5, 5.41) is 12.3. The van der Waals surface area contributed by atoms with E-state index in [1.807, 2.05) is 0 Å². The predicted octanol–water partition coefficient (Wildman–Crippen LogP) is 8.03. The Hall–Kier alpha value is -1.59. The van der Waals surface area contributed by atoms with Crippen molar-refractivity contribution in [2.24, 2.45) is 68.0 Å². The van der Waals surface area contributed by atoms with Gasteiger partial charge in [-0.05, 0) is 128 Å². The minimum absolute atomic E-state index is 0.00390. The zero-order valence-electron chi connectivity index (χ0n) is 29.0. The van der Waals surface area contributed by atoms with Crippen LogP contribution in [0.25, 0.3) is 0 Å². The molecular formula is C38H61NO5. The molecule has 10 atom stereocenters. The second-order valence-corrected chi connectivity index (χ2v) is 18.5. The van der Waals surface area contributed by atoms with Gasteiger partial charge in [0.15, 0.2) is 0 Å². The second-order valence-electron chi connectivity index (χ2n) is 18.5. The predicted molar refractivity (Wildman–Crippen MR) is 171 cm³/mol. The number of nitrogens with one attached hydrogen (secondary N) is 1. The Kier molecular flexibility index (Phi) is 7.69. The lowest BCUT2D eigenvalue weighted by Gasteiger charge is -2.73. The Balaban J connectivity index is 1.31. The fourth-order valence-corrected chi connectivity index (χ4v) is 13.4. The number of ether oxygens (including phenoxy) is 1. The molecular weight excluding hydrogens is 550 g/mol. The third-order valence-electron chi connectivity index (χ3n) is 16.7. The largest absolute Gasteiger partial charge is 0.480 e. The molecule has 0 spiro atoms. The molecule has 2 N–H and O–H groups in total. The molecule has 0 aromatic rings. The van der Waals surface area contributed by atoms with Crippen LogP contribution in [0.15, 0.2) is 0 Å². The molecule has 6 fully saturated rings. The van der Waals surface area contributed by atoms with Crippen molar-refractivity contribution in [3.63, 3.8) is 0 Å². The van der Waals surface area contributed by atoms with Crippen LogP contribution in [0, 0.1) is 68.0 Å². The smallest absolute Gasteiger partial charge is 0.322 e. The Morgan fingerprint density at radius 3 is 2.09 bits per heavy atom. The van der Waals surface area contributed by atoms with Crippen LogP contribution in [0.5, 0.6) is 0 Å². The normalized spacial score (nSPS) is 47.8. The average Bonchev–Trinajstić information content (AvgIpc) is 3.23. The summed E-state index contributed by atoms with van der Waals surface area (Å²) in [6.45, 7) is 19.4. The molecule has 6 saturated carbocycles. The maximum Gasteiger partial charge on any atom is 0.322 e. The third-order valence-corrected chi connectivity index (χ3v) is 16.7. The van der Waals surface area contributed by atoms with Crippen LogP contribution in [0.3, 0.4) is 0 Å². The minimum atomic E-state index is -0.968. The van der Waals surface area contributed by atoms with Gasteiger partial charge in [-0.25, -0.2) is 0 Å². The highest BCUT2D eigenvalue weighted by atomic mass is 16.5. The number of hydrogen-bond acceptors (Lipinski definition) is 4. The van der Waals surface area contributed by atoms with Crippen LogP contribution in [-0.2, 0) is 19.1 Å². The molecule has 44 heavy (non-hydrogen) atoms. The maximum atomic E-state index is 14.0. The number of rotatable bonds is 6. The number of hydrogen-bond donors (Lipinski definition) is 2. The number of fused-ring (bicyclic) bond motifs is 7. The Labute approximate surface area is 266 Å². The first-order valence-corrected chi connectivity index (χ1v) is 18.2. The quantitative estimate of drug-likeness (QED) is 0.297. The summed E-state index contributed by atoms with van der Waals surface area (Å²) in [5.41, 5.74) is 0.0560. The first kappa shape index (κ1) is 32.4. The van der Waals surface area contributed by atoms with Gasteiger partial charge in [-0.15, -0.1) is 0 Å². The highest BCUT2D eigenvalue weighted by Crippen LogP contribution is 2.79. The fourth-order valence-electron chi connectivity index (χ4n) is 13.4. The number of carboxylic acids is 1. The molecule has 6 aliphatic carbocycles. The lowest BCUT2D eigenvalue weighted by molar-refractivity contribution is -0.254. The first-order chi connectivity index (χ1) is 20.5. The summed E-state index contributed by atoms with van der Waals surface area (Å²) in [7, 11) is 0. The molecule has 0 bridgehead atoms. The van der Waals surface area contributed by atoms with Gasteiger partial charge >= 0.3 is 11.9 Å². The van der Waals surface area contributed by atoms with Crippen molar-refractivity contribution >= 4 is 17.8 Å². The zero-order valence-corrected chi connectivity index (χ0v) is 29.0. The highest BCUT2D eigenvalue weighted by molar-refractivity contribution is 5.87. The van der Waals surface area contributed by atoms with Crippen molar-refractivity contribution < 1.29 is 24.2 Å². The van der Waals surface area contributed by atoms with Crippen molar-refractivity contribution in [2.45, 2.75) is 145 Å². The minimum Gasteiger partial charge on any atom is -0.480 e. The van der Waals surface area contributed by atoms with Crippen molar-refractivity contribution in [3.8, 4) is 0 Å². The summed E-state index contributed by atoms with van der Waals surface area (Å²) >= 11 is 0. The van der Waals surface area contributed by atoms with E-state index in [4.69, 9.17) is 4.74 Å². The standard InChI is InChI=1S/C38H61NO5/c1-23(2)34(5)18-20-38(32(43)39-22-29(40)41)21-19-36(7)25(30(34)38)12-13-27-35(6)16-15-28(44-31(42)24-10-9-11-24)33(3,4)26(35)14-17-37(27,36)8/h23-28,30H,9-22H2,1-8H3,(H,39,43)(H,40,41)/t25?,26?,27?,28-,30?,34?,35?,36-,37-,38+/m1/s1. The van der Waals surface area contributed by atoms with Crippen molar-refractivity contribution in [3.05, 3.63) is 0 Å². The molecule has 0 aromatic heterocycles. The van der Waals surface area contributed by atoms with E-state index in [1.165, 1.54) is 19.3 Å². The van der Waals surface area contributed by atoms with Gasteiger partial charge in [-0.2, -0.15) is 0 Å². The van der Waals surface area contributed by atoms with Crippen LogP contribution >= 0.6 is 0 Å². The molecule has 0 aromatic carbocycles. The van der Waals surface area contributed by atoms with E-state index in [9.17, 15) is 19.5 Å². The lowest BCUT2D eigenvalue weighted by Crippen LogP contribution is -2.68. The molecule has 6 unspecified atom stereocenters. The number of esters is 1. The van der Waals surface area contributed by atoms with E-state index >= 15 is 0 Å². The van der Waals surface area contributed by atoms with Gasteiger partial charge in [0, 0.05) is 5.41 Å². The summed E-state index contributed by atoms with van der Waals surface area (Å²) in [6, 6.07) is 0. The highest BCUT2D eigenvalue weighted by Gasteiger charge is 2.73. The fraction of sp³-hybridized carbons (Fsp3) is 0.921. The number of carboxylic acid groups (broad SMARTS) is 1. The Morgan fingerprint density at radius 1 is 0.795 bits per heavy atom. The van der Waals surface area contributed by atoms with E-state index < -0.39 is 11.4 Å². The van der Waals surface area contributed by atoms with Gasteiger partial charge in [0.2, 0.25) is 5.91 Å². The Bertz CT molecular complexity index is 1190. The summed E-state index contributed by atoms with van der Waals surface area (Å²) in [5.74, 6) is 1.52. The van der Waals surface area contributed by atoms with Gasteiger partial charge < -0.3 is 15.2 Å². The number of carbonyl (C=O) groups excluding carboxylic acids is 2. The maximum absolute atomic E-state index is 14.0. The van der Waals surface area contributed by atoms with Crippen molar-refractivity contribution in [1.29, 1.82) is 0 Å².